The van der Waals surface area contributed by atoms with Gasteiger partial charge in [-0.15, -0.1) is 0 Å². The van der Waals surface area contributed by atoms with Crippen molar-refractivity contribution in [3.05, 3.63) is 53.7 Å². The predicted octanol–water partition coefficient (Wildman–Crippen LogP) is 3.73. The number of amides is 2. The van der Waals surface area contributed by atoms with Gasteiger partial charge in [0.25, 0.3) is 0 Å². The van der Waals surface area contributed by atoms with Gasteiger partial charge in [0.15, 0.2) is 0 Å². The third-order valence-electron chi connectivity index (χ3n) is 4.13. The van der Waals surface area contributed by atoms with Crippen molar-refractivity contribution < 1.29 is 26.7 Å². The fraction of sp³-hybridized carbons (Fsp3) is 0.294. The average Bonchev–Trinajstić information content (AvgIpc) is 2.63. The molecule has 0 aliphatic carbocycles. The summed E-state index contributed by atoms with van der Waals surface area (Å²) in [4.78, 5) is 18.8. The lowest BCUT2D eigenvalue weighted by atomic mass is 10.2. The molecule has 0 radical (unpaired) electrons. The smallest absolute Gasteiger partial charge is 0.353 e. The number of nitrogens with zero attached hydrogens (tertiary/aromatic N) is 3. The van der Waals surface area contributed by atoms with Gasteiger partial charge in [0, 0.05) is 38.4 Å². The maximum atomic E-state index is 13.6. The van der Waals surface area contributed by atoms with Crippen LogP contribution in [0.1, 0.15) is 5.56 Å². The number of pyridine rings is 1. The van der Waals surface area contributed by atoms with Crippen molar-refractivity contribution in [2.75, 3.05) is 36.4 Å². The first-order valence-corrected chi connectivity index (χ1v) is 8.04. The number of nitrogens with one attached hydrogen (secondary N) is 1. The Morgan fingerprint density at radius 2 is 1.78 bits per heavy atom. The number of alkyl halides is 3. The molecule has 0 spiro atoms. The quantitative estimate of drug-likeness (QED) is 0.801. The highest BCUT2D eigenvalue weighted by Crippen LogP contribution is 2.35. The van der Waals surface area contributed by atoms with E-state index in [9.17, 15) is 26.7 Å². The molecule has 144 valence electrons. The van der Waals surface area contributed by atoms with Crippen molar-refractivity contribution in [3.8, 4) is 0 Å². The number of piperazine rings is 1. The van der Waals surface area contributed by atoms with Crippen LogP contribution in [0, 0.1) is 11.6 Å². The first kappa shape index (κ1) is 18.9. The molecule has 1 saturated heterocycles. The topological polar surface area (TPSA) is 48.5 Å². The number of urea groups is 1. The average molecular weight is 386 g/mol. The maximum Gasteiger partial charge on any atom is 0.419 e. The third-order valence-corrected chi connectivity index (χ3v) is 4.13. The molecule has 2 heterocycles. The van der Waals surface area contributed by atoms with E-state index in [1.165, 1.54) is 22.1 Å². The van der Waals surface area contributed by atoms with Gasteiger partial charge in [-0.05, 0) is 24.3 Å². The van der Waals surface area contributed by atoms with Crippen LogP contribution in [-0.4, -0.2) is 42.1 Å². The van der Waals surface area contributed by atoms with E-state index in [0.29, 0.717) is 6.07 Å². The van der Waals surface area contributed by atoms with Crippen LogP contribution in [0.3, 0.4) is 0 Å². The fourth-order valence-electron chi connectivity index (χ4n) is 2.78. The van der Waals surface area contributed by atoms with Crippen molar-refractivity contribution in [2.24, 2.45) is 0 Å². The molecule has 0 atom stereocenters. The van der Waals surface area contributed by atoms with Crippen LogP contribution in [-0.2, 0) is 6.18 Å². The normalized spacial score (nSPS) is 15.0. The van der Waals surface area contributed by atoms with Crippen LogP contribution in [0.15, 0.2) is 36.5 Å². The van der Waals surface area contributed by atoms with Gasteiger partial charge in [0.05, 0.1) is 11.3 Å². The number of aromatic nitrogens is 1. The summed E-state index contributed by atoms with van der Waals surface area (Å²) in [6, 6.07) is 4.31. The van der Waals surface area contributed by atoms with Crippen molar-refractivity contribution in [1.29, 1.82) is 0 Å². The van der Waals surface area contributed by atoms with Crippen molar-refractivity contribution in [1.82, 2.24) is 9.88 Å². The summed E-state index contributed by atoms with van der Waals surface area (Å²) in [5, 5.41) is 2.33. The first-order valence-electron chi connectivity index (χ1n) is 8.04. The molecule has 1 aromatic carbocycles. The number of benzene rings is 1. The Morgan fingerprint density at radius 1 is 1.07 bits per heavy atom. The summed E-state index contributed by atoms with van der Waals surface area (Å²) in [7, 11) is 0. The molecule has 1 aliphatic rings. The standard InChI is InChI=1S/C17H15F5N4O/c18-11-3-4-14(13(19)10-11)24-16(27)26-8-6-25(7-9-26)15-12(17(20,21)22)2-1-5-23-15/h1-5,10H,6-9H2,(H,24,27). The van der Waals surface area contributed by atoms with E-state index in [2.05, 4.69) is 10.3 Å². The molecule has 1 aromatic heterocycles. The highest BCUT2D eigenvalue weighted by atomic mass is 19.4. The minimum absolute atomic E-state index is 0.127. The van der Waals surface area contributed by atoms with Gasteiger partial charge in [0.2, 0.25) is 0 Å². The zero-order chi connectivity index (χ0) is 19.6. The van der Waals surface area contributed by atoms with E-state index in [-0.39, 0.29) is 37.7 Å². The molecular weight excluding hydrogens is 371 g/mol. The molecule has 27 heavy (non-hydrogen) atoms. The Labute approximate surface area is 151 Å². The number of hydrogen-bond acceptors (Lipinski definition) is 3. The van der Waals surface area contributed by atoms with Gasteiger partial charge in [0.1, 0.15) is 17.5 Å². The van der Waals surface area contributed by atoms with Crippen molar-refractivity contribution >= 4 is 17.5 Å². The van der Waals surface area contributed by atoms with E-state index in [1.54, 1.807) is 0 Å². The Kier molecular flexibility index (Phi) is 5.15. The van der Waals surface area contributed by atoms with Crippen LogP contribution < -0.4 is 10.2 Å². The number of halogens is 5. The number of anilines is 2. The molecule has 2 amide bonds. The van der Waals surface area contributed by atoms with Crippen molar-refractivity contribution in [2.45, 2.75) is 6.18 Å². The van der Waals surface area contributed by atoms with Gasteiger partial charge in [-0.2, -0.15) is 13.2 Å². The van der Waals surface area contributed by atoms with Gasteiger partial charge in [-0.3, -0.25) is 0 Å². The molecule has 10 heteroatoms. The van der Waals surface area contributed by atoms with Gasteiger partial charge in [-0.1, -0.05) is 0 Å². The van der Waals surface area contributed by atoms with Crippen LogP contribution >= 0.6 is 0 Å². The molecule has 1 N–H and O–H groups in total. The Balaban J connectivity index is 1.65. The Morgan fingerprint density at radius 3 is 2.41 bits per heavy atom. The molecule has 0 unspecified atom stereocenters. The highest BCUT2D eigenvalue weighted by molar-refractivity contribution is 5.89. The molecule has 3 rings (SSSR count). The minimum atomic E-state index is -4.53. The fourth-order valence-corrected chi connectivity index (χ4v) is 2.78. The second-order valence-corrected chi connectivity index (χ2v) is 5.90. The number of hydrogen-bond donors (Lipinski definition) is 1. The lowest BCUT2D eigenvalue weighted by molar-refractivity contribution is -0.137. The zero-order valence-electron chi connectivity index (χ0n) is 13.9. The summed E-state index contributed by atoms with van der Waals surface area (Å²) in [5.74, 6) is -1.87. The molecule has 0 saturated carbocycles. The summed E-state index contributed by atoms with van der Waals surface area (Å²) >= 11 is 0. The maximum absolute atomic E-state index is 13.6. The lowest BCUT2D eigenvalue weighted by Crippen LogP contribution is -2.50. The monoisotopic (exact) mass is 386 g/mol. The summed E-state index contributed by atoms with van der Waals surface area (Å²) in [6.07, 6.45) is -3.25. The molecule has 0 bridgehead atoms. The van der Waals surface area contributed by atoms with E-state index >= 15 is 0 Å². The van der Waals surface area contributed by atoms with Gasteiger partial charge < -0.3 is 15.1 Å². The molecular formula is C17H15F5N4O. The molecule has 1 aliphatic heterocycles. The number of rotatable bonds is 2. The third kappa shape index (κ3) is 4.26. The molecule has 5 nitrogen and oxygen atoms in total. The van der Waals surface area contributed by atoms with E-state index < -0.39 is 29.4 Å². The molecule has 2 aromatic rings. The van der Waals surface area contributed by atoms with Crippen LogP contribution in [0.5, 0.6) is 0 Å². The van der Waals surface area contributed by atoms with Crippen LogP contribution in [0.25, 0.3) is 0 Å². The highest BCUT2D eigenvalue weighted by Gasteiger charge is 2.36. The van der Waals surface area contributed by atoms with Crippen LogP contribution in [0.2, 0.25) is 0 Å². The predicted molar refractivity (Wildman–Crippen MR) is 88.4 cm³/mol. The van der Waals surface area contributed by atoms with E-state index in [0.717, 1.165) is 18.2 Å². The minimum Gasteiger partial charge on any atom is -0.353 e. The second-order valence-electron chi connectivity index (χ2n) is 5.90. The summed E-state index contributed by atoms with van der Waals surface area (Å²) < 4.78 is 65.9. The Hall–Kier alpha value is -2.91. The molecule has 1 fully saturated rings. The zero-order valence-corrected chi connectivity index (χ0v) is 13.9. The number of carbonyl (C=O) groups is 1. The SMILES string of the molecule is O=C(Nc1ccc(F)cc1F)N1CCN(c2ncccc2C(F)(F)F)CC1. The number of carbonyl (C=O) groups excluding carboxylic acids is 1. The lowest BCUT2D eigenvalue weighted by Gasteiger charge is -2.36. The van der Waals surface area contributed by atoms with Gasteiger partial charge in [-0.25, -0.2) is 18.6 Å². The largest absolute Gasteiger partial charge is 0.419 e. The second kappa shape index (κ2) is 7.37. The summed E-state index contributed by atoms with van der Waals surface area (Å²) in [5.41, 5.74) is -1.01. The van der Waals surface area contributed by atoms with Crippen LogP contribution in [0.4, 0.5) is 38.3 Å². The summed E-state index contributed by atoms with van der Waals surface area (Å²) in [6.45, 7) is 0.532. The first-order chi connectivity index (χ1) is 12.8. The van der Waals surface area contributed by atoms with Crippen molar-refractivity contribution in [3.63, 3.8) is 0 Å². The van der Waals surface area contributed by atoms with E-state index in [1.807, 2.05) is 0 Å². The Bertz CT molecular complexity index is 834. The van der Waals surface area contributed by atoms with Gasteiger partial charge >= 0.3 is 12.2 Å². The van der Waals surface area contributed by atoms with E-state index in [4.69, 9.17) is 0 Å².